The molecule has 0 aromatic heterocycles. The first-order valence-corrected chi connectivity index (χ1v) is 13.6. The van der Waals surface area contributed by atoms with Gasteiger partial charge in [-0.2, -0.15) is 0 Å². The SMILES string of the molecule is O=C(OC[C@H]1O[C@H](COC(=O)c2ccccc2)[C@@H](OCc2ccccc2)[C@@H]1OCc1ccccc1)c1ccccc1. The Hall–Kier alpha value is -4.30. The first-order chi connectivity index (χ1) is 20.2. The molecule has 0 amide bonds. The molecule has 0 saturated carbocycles. The standard InChI is InChI=1S/C34H32O7/c35-33(27-17-9-3-10-18-27)39-23-29-31(37-21-25-13-5-1-6-14-25)32(38-22-26-15-7-2-8-16-26)30(41-29)24-40-34(36)28-19-11-4-12-20-28/h1-20,29-32H,21-24H2/t29-,30-,31-,32-/m1/s1. The van der Waals surface area contributed by atoms with E-state index in [0.717, 1.165) is 11.1 Å². The summed E-state index contributed by atoms with van der Waals surface area (Å²) in [5.74, 6) is -0.923. The summed E-state index contributed by atoms with van der Waals surface area (Å²) < 4.78 is 30.4. The largest absolute Gasteiger partial charge is 0.459 e. The zero-order valence-corrected chi connectivity index (χ0v) is 22.5. The highest BCUT2D eigenvalue weighted by Gasteiger charge is 2.47. The Morgan fingerprint density at radius 3 is 1.22 bits per heavy atom. The molecule has 0 radical (unpaired) electrons. The summed E-state index contributed by atoms with van der Waals surface area (Å²) >= 11 is 0. The van der Waals surface area contributed by atoms with E-state index < -0.39 is 36.4 Å². The van der Waals surface area contributed by atoms with Gasteiger partial charge >= 0.3 is 11.9 Å². The van der Waals surface area contributed by atoms with Gasteiger partial charge in [-0.25, -0.2) is 9.59 Å². The first kappa shape index (κ1) is 28.2. The van der Waals surface area contributed by atoms with E-state index in [1.54, 1.807) is 48.5 Å². The third-order valence-corrected chi connectivity index (χ3v) is 6.75. The Bertz CT molecular complexity index is 1260. The van der Waals surface area contributed by atoms with Crippen LogP contribution < -0.4 is 0 Å². The molecular weight excluding hydrogens is 520 g/mol. The van der Waals surface area contributed by atoms with Crippen LogP contribution in [0.3, 0.4) is 0 Å². The number of hydrogen-bond acceptors (Lipinski definition) is 7. The average molecular weight is 553 g/mol. The fourth-order valence-electron chi connectivity index (χ4n) is 4.64. The monoisotopic (exact) mass is 552 g/mol. The molecule has 1 aliphatic heterocycles. The van der Waals surface area contributed by atoms with Crippen LogP contribution in [0.15, 0.2) is 121 Å². The Labute approximate surface area is 239 Å². The van der Waals surface area contributed by atoms with E-state index in [1.165, 1.54) is 0 Å². The van der Waals surface area contributed by atoms with Crippen molar-refractivity contribution in [3.8, 4) is 0 Å². The van der Waals surface area contributed by atoms with Gasteiger partial charge in [0.25, 0.3) is 0 Å². The molecule has 0 bridgehead atoms. The maximum Gasteiger partial charge on any atom is 0.338 e. The van der Waals surface area contributed by atoms with Gasteiger partial charge in [0.05, 0.1) is 24.3 Å². The maximum atomic E-state index is 12.7. The van der Waals surface area contributed by atoms with Crippen molar-refractivity contribution >= 4 is 11.9 Å². The number of rotatable bonds is 12. The molecule has 5 rings (SSSR count). The molecule has 7 nitrogen and oxygen atoms in total. The summed E-state index contributed by atoms with van der Waals surface area (Å²) in [5, 5.41) is 0. The highest BCUT2D eigenvalue weighted by Crippen LogP contribution is 2.30. The minimum Gasteiger partial charge on any atom is -0.459 e. The summed E-state index contributed by atoms with van der Waals surface area (Å²) in [5.41, 5.74) is 2.84. The second-order valence-electron chi connectivity index (χ2n) is 9.66. The van der Waals surface area contributed by atoms with E-state index in [4.69, 9.17) is 23.7 Å². The molecule has 0 aliphatic carbocycles. The van der Waals surface area contributed by atoms with E-state index in [-0.39, 0.29) is 13.2 Å². The van der Waals surface area contributed by atoms with Gasteiger partial charge in [0, 0.05) is 0 Å². The molecule has 0 N–H and O–H groups in total. The molecule has 210 valence electrons. The Balaban J connectivity index is 1.34. The Kier molecular flexibility index (Phi) is 9.89. The molecular formula is C34H32O7. The fraction of sp³-hybridized carbons (Fsp3) is 0.235. The molecule has 0 unspecified atom stereocenters. The Morgan fingerprint density at radius 1 is 0.512 bits per heavy atom. The third kappa shape index (κ3) is 7.89. The van der Waals surface area contributed by atoms with Gasteiger partial charge in [0.15, 0.2) is 0 Å². The minimum absolute atomic E-state index is 0.0541. The van der Waals surface area contributed by atoms with Crippen molar-refractivity contribution in [2.75, 3.05) is 13.2 Å². The molecule has 7 heteroatoms. The summed E-state index contributed by atoms with van der Waals surface area (Å²) in [6.07, 6.45) is -2.48. The van der Waals surface area contributed by atoms with Gasteiger partial charge in [-0.05, 0) is 35.4 Å². The van der Waals surface area contributed by atoms with Crippen molar-refractivity contribution in [1.82, 2.24) is 0 Å². The zero-order chi connectivity index (χ0) is 28.3. The van der Waals surface area contributed by atoms with Gasteiger partial charge in [-0.3, -0.25) is 0 Å². The molecule has 4 atom stereocenters. The smallest absolute Gasteiger partial charge is 0.338 e. The normalized spacial score (nSPS) is 19.9. The zero-order valence-electron chi connectivity index (χ0n) is 22.5. The van der Waals surface area contributed by atoms with Crippen molar-refractivity contribution in [3.63, 3.8) is 0 Å². The van der Waals surface area contributed by atoms with Crippen molar-refractivity contribution in [1.29, 1.82) is 0 Å². The van der Waals surface area contributed by atoms with Gasteiger partial charge in [-0.15, -0.1) is 0 Å². The van der Waals surface area contributed by atoms with Gasteiger partial charge in [-0.1, -0.05) is 97.1 Å². The maximum absolute atomic E-state index is 12.7. The fourth-order valence-corrected chi connectivity index (χ4v) is 4.64. The van der Waals surface area contributed by atoms with Crippen LogP contribution in [-0.2, 0) is 36.9 Å². The molecule has 1 heterocycles. The lowest BCUT2D eigenvalue weighted by Gasteiger charge is -2.25. The molecule has 1 aliphatic rings. The number of ether oxygens (including phenoxy) is 5. The van der Waals surface area contributed by atoms with Crippen LogP contribution in [0, 0.1) is 0 Å². The molecule has 1 fully saturated rings. The van der Waals surface area contributed by atoms with Crippen LogP contribution in [-0.4, -0.2) is 49.6 Å². The van der Waals surface area contributed by atoms with E-state index in [0.29, 0.717) is 24.3 Å². The molecule has 4 aromatic rings. The van der Waals surface area contributed by atoms with Crippen molar-refractivity contribution < 1.29 is 33.3 Å². The summed E-state index contributed by atoms with van der Waals surface area (Å²) in [6, 6.07) is 37.1. The highest BCUT2D eigenvalue weighted by molar-refractivity contribution is 5.89. The topological polar surface area (TPSA) is 80.3 Å². The van der Waals surface area contributed by atoms with E-state index in [1.807, 2.05) is 72.8 Å². The first-order valence-electron chi connectivity index (χ1n) is 13.6. The Morgan fingerprint density at radius 2 is 0.854 bits per heavy atom. The van der Waals surface area contributed by atoms with E-state index in [2.05, 4.69) is 0 Å². The number of carbonyl (C=O) groups excluding carboxylic acids is 2. The van der Waals surface area contributed by atoms with Gasteiger partial charge in [0.1, 0.15) is 37.6 Å². The van der Waals surface area contributed by atoms with Crippen LogP contribution in [0.4, 0.5) is 0 Å². The molecule has 41 heavy (non-hydrogen) atoms. The van der Waals surface area contributed by atoms with E-state index in [9.17, 15) is 9.59 Å². The van der Waals surface area contributed by atoms with Crippen LogP contribution in [0.2, 0.25) is 0 Å². The van der Waals surface area contributed by atoms with Crippen LogP contribution >= 0.6 is 0 Å². The minimum atomic E-state index is -0.646. The van der Waals surface area contributed by atoms with Crippen LogP contribution in [0.25, 0.3) is 0 Å². The van der Waals surface area contributed by atoms with E-state index >= 15 is 0 Å². The average Bonchev–Trinajstić information content (AvgIpc) is 3.38. The predicted octanol–water partition coefficient (Wildman–Crippen LogP) is 5.64. The lowest BCUT2D eigenvalue weighted by Crippen LogP contribution is -2.40. The number of esters is 2. The summed E-state index contributed by atoms with van der Waals surface area (Å²) in [4.78, 5) is 25.4. The van der Waals surface area contributed by atoms with Gasteiger partial charge < -0.3 is 23.7 Å². The van der Waals surface area contributed by atoms with Crippen LogP contribution in [0.1, 0.15) is 31.8 Å². The number of hydrogen-bond donors (Lipinski definition) is 0. The van der Waals surface area contributed by atoms with Crippen LogP contribution in [0.5, 0.6) is 0 Å². The lowest BCUT2D eigenvalue weighted by atomic mass is 10.1. The van der Waals surface area contributed by atoms with Crippen molar-refractivity contribution in [2.24, 2.45) is 0 Å². The lowest BCUT2D eigenvalue weighted by molar-refractivity contribution is -0.0869. The predicted molar refractivity (Wildman–Crippen MR) is 152 cm³/mol. The number of benzene rings is 4. The highest BCUT2D eigenvalue weighted by atomic mass is 16.6. The molecule has 1 saturated heterocycles. The van der Waals surface area contributed by atoms with Gasteiger partial charge in [0.2, 0.25) is 0 Å². The number of carbonyl (C=O) groups is 2. The van der Waals surface area contributed by atoms with Crippen molar-refractivity contribution in [3.05, 3.63) is 144 Å². The molecule has 0 spiro atoms. The quantitative estimate of drug-likeness (QED) is 0.211. The third-order valence-electron chi connectivity index (χ3n) is 6.75. The summed E-state index contributed by atoms with van der Waals surface area (Å²) in [6.45, 7) is 0.502. The second-order valence-corrected chi connectivity index (χ2v) is 9.66. The summed E-state index contributed by atoms with van der Waals surface area (Å²) in [7, 11) is 0. The molecule has 4 aromatic carbocycles. The van der Waals surface area contributed by atoms with Crippen molar-refractivity contribution in [2.45, 2.75) is 37.6 Å². The second kappa shape index (κ2) is 14.4.